The topological polar surface area (TPSA) is 65.1 Å². The minimum Gasteiger partial charge on any atom is -0.466 e. The lowest BCUT2D eigenvalue weighted by Gasteiger charge is -2.32. The van der Waals surface area contributed by atoms with E-state index in [9.17, 15) is 14.0 Å². The maximum absolute atomic E-state index is 13.5. The van der Waals surface area contributed by atoms with Crippen LogP contribution in [-0.2, 0) is 23.8 Å². The molecule has 0 amide bonds. The average molecular weight is 309 g/mol. The zero-order valence-electron chi connectivity index (χ0n) is 12.5. The number of carbonyl (C=O) groups is 2. The van der Waals surface area contributed by atoms with E-state index in [1.165, 1.54) is 31.3 Å². The Balaban J connectivity index is 2.60. The molecule has 0 spiro atoms. The molecule has 7 heteroatoms. The largest absolute Gasteiger partial charge is 0.466 e. The summed E-state index contributed by atoms with van der Waals surface area (Å²) >= 11 is 0. The number of esters is 2. The molecule has 0 aliphatic carbocycles. The predicted octanol–water partition coefficient (Wildman–Crippen LogP) is 1.53. The summed E-state index contributed by atoms with van der Waals surface area (Å²) in [7, 11) is 2.41. The molecule has 0 saturated carbocycles. The van der Waals surface area contributed by atoms with Gasteiger partial charge in [0.25, 0.3) is 0 Å². The highest BCUT2D eigenvalue weighted by atomic mass is 19.1. The van der Waals surface area contributed by atoms with Crippen molar-refractivity contribution in [2.75, 3.05) is 32.5 Å². The summed E-state index contributed by atoms with van der Waals surface area (Å²) in [4.78, 5) is 25.4. The van der Waals surface area contributed by atoms with E-state index in [1.54, 1.807) is 13.0 Å². The van der Waals surface area contributed by atoms with Gasteiger partial charge in [0.15, 0.2) is 0 Å². The van der Waals surface area contributed by atoms with Crippen molar-refractivity contribution in [3.05, 3.63) is 40.8 Å². The summed E-state index contributed by atoms with van der Waals surface area (Å²) in [6.07, 6.45) is 0. The molecule has 2 rings (SSSR count). The van der Waals surface area contributed by atoms with Gasteiger partial charge in [-0.2, -0.15) is 0 Å². The second-order valence-corrected chi connectivity index (χ2v) is 4.65. The average Bonchev–Trinajstić information content (AvgIpc) is 2.54. The molecule has 0 bridgehead atoms. The maximum Gasteiger partial charge on any atom is 0.355 e. The van der Waals surface area contributed by atoms with E-state index < -0.39 is 17.8 Å². The molecule has 0 aromatic heterocycles. The Hall–Kier alpha value is -2.41. The normalized spacial score (nSPS) is 14.8. The van der Waals surface area contributed by atoms with Gasteiger partial charge in [0, 0.05) is 5.69 Å². The summed E-state index contributed by atoms with van der Waals surface area (Å²) in [6, 6.07) is 4.15. The van der Waals surface area contributed by atoms with Gasteiger partial charge in [-0.1, -0.05) is 6.07 Å². The molecule has 0 atom stereocenters. The van der Waals surface area contributed by atoms with Gasteiger partial charge in [-0.25, -0.2) is 14.0 Å². The third-order valence-electron chi connectivity index (χ3n) is 3.30. The quantitative estimate of drug-likeness (QED) is 0.789. The van der Waals surface area contributed by atoms with Crippen LogP contribution in [0, 0.1) is 12.7 Å². The smallest absolute Gasteiger partial charge is 0.355 e. The maximum atomic E-state index is 13.5. The molecule has 1 aromatic carbocycles. The third kappa shape index (κ3) is 2.94. The molecule has 1 aliphatic rings. The molecule has 0 saturated heterocycles. The fourth-order valence-corrected chi connectivity index (χ4v) is 2.21. The molecular formula is C15H16FNO5. The van der Waals surface area contributed by atoms with Crippen molar-refractivity contribution in [3.8, 4) is 0 Å². The van der Waals surface area contributed by atoms with Crippen molar-refractivity contribution >= 4 is 17.6 Å². The van der Waals surface area contributed by atoms with Crippen LogP contribution in [0.4, 0.5) is 10.1 Å². The fourth-order valence-electron chi connectivity index (χ4n) is 2.21. The molecule has 22 heavy (non-hydrogen) atoms. The summed E-state index contributed by atoms with van der Waals surface area (Å²) in [5.41, 5.74) is 1.16. The molecule has 1 heterocycles. The Labute approximate surface area is 127 Å². The molecule has 0 fully saturated rings. The van der Waals surface area contributed by atoms with Gasteiger partial charge in [0.05, 0.1) is 26.4 Å². The van der Waals surface area contributed by atoms with Crippen LogP contribution in [0.25, 0.3) is 0 Å². The van der Waals surface area contributed by atoms with Crippen molar-refractivity contribution in [1.29, 1.82) is 0 Å². The lowest BCUT2D eigenvalue weighted by Crippen LogP contribution is -2.39. The summed E-state index contributed by atoms with van der Waals surface area (Å²) in [5.74, 6) is -1.87. The predicted molar refractivity (Wildman–Crippen MR) is 75.5 cm³/mol. The molecule has 6 nitrogen and oxygen atoms in total. The first-order valence-corrected chi connectivity index (χ1v) is 6.50. The van der Waals surface area contributed by atoms with Gasteiger partial charge in [-0.15, -0.1) is 0 Å². The molecule has 1 aromatic rings. The Morgan fingerprint density at radius 2 is 1.91 bits per heavy atom. The van der Waals surface area contributed by atoms with Gasteiger partial charge in [-0.05, 0) is 24.6 Å². The summed E-state index contributed by atoms with van der Waals surface area (Å²) in [5, 5.41) is 0. The van der Waals surface area contributed by atoms with Crippen LogP contribution in [0.2, 0.25) is 0 Å². The second kappa shape index (κ2) is 6.57. The van der Waals surface area contributed by atoms with Crippen LogP contribution in [0.1, 0.15) is 5.56 Å². The van der Waals surface area contributed by atoms with Crippen molar-refractivity contribution in [2.45, 2.75) is 6.92 Å². The lowest BCUT2D eigenvalue weighted by atomic mass is 10.1. The van der Waals surface area contributed by atoms with Crippen LogP contribution < -0.4 is 4.90 Å². The van der Waals surface area contributed by atoms with E-state index in [1.807, 2.05) is 0 Å². The number of nitrogens with zero attached hydrogens (tertiary/aromatic N) is 1. The Bertz CT molecular complexity index is 641. The number of anilines is 1. The van der Waals surface area contributed by atoms with Crippen LogP contribution in [0.3, 0.4) is 0 Å². The van der Waals surface area contributed by atoms with E-state index in [2.05, 4.69) is 4.74 Å². The molecule has 0 unspecified atom stereocenters. The number of carbonyl (C=O) groups excluding carboxylic acids is 2. The van der Waals surface area contributed by atoms with Gasteiger partial charge >= 0.3 is 11.9 Å². The van der Waals surface area contributed by atoms with Gasteiger partial charge in [0.2, 0.25) is 0 Å². The summed E-state index contributed by atoms with van der Waals surface area (Å²) in [6.45, 7) is 1.67. The highest BCUT2D eigenvalue weighted by Gasteiger charge is 2.33. The lowest BCUT2D eigenvalue weighted by molar-refractivity contribution is -0.140. The minimum atomic E-state index is -0.715. The zero-order valence-corrected chi connectivity index (χ0v) is 12.5. The number of benzene rings is 1. The van der Waals surface area contributed by atoms with Gasteiger partial charge in [0.1, 0.15) is 18.2 Å². The SMILES string of the molecule is COC(=O)C1=C(C(=O)OC)N(c2cc(F)ccc2C)COC1. The molecule has 0 N–H and O–H groups in total. The number of rotatable bonds is 3. The number of ether oxygens (including phenoxy) is 3. The van der Waals surface area contributed by atoms with Crippen molar-refractivity contribution in [1.82, 2.24) is 0 Å². The van der Waals surface area contributed by atoms with Gasteiger partial charge < -0.3 is 19.1 Å². The minimum absolute atomic E-state index is 0.00474. The van der Waals surface area contributed by atoms with Crippen molar-refractivity contribution < 1.29 is 28.2 Å². The number of aryl methyl sites for hydroxylation is 1. The first-order valence-electron chi connectivity index (χ1n) is 6.50. The highest BCUT2D eigenvalue weighted by Crippen LogP contribution is 2.29. The van der Waals surface area contributed by atoms with Gasteiger partial charge in [-0.3, -0.25) is 0 Å². The first kappa shape index (κ1) is 16.0. The standard InChI is InChI=1S/C15H16FNO5/c1-9-4-5-10(16)6-12(9)17-8-22-7-11(14(18)20-2)13(17)15(19)21-3/h4-6H,7-8H2,1-3H3. The highest BCUT2D eigenvalue weighted by molar-refractivity contribution is 6.03. The van der Waals surface area contributed by atoms with Crippen LogP contribution in [0.5, 0.6) is 0 Å². The van der Waals surface area contributed by atoms with E-state index >= 15 is 0 Å². The van der Waals surface area contributed by atoms with E-state index in [4.69, 9.17) is 9.47 Å². The number of hydrogen-bond donors (Lipinski definition) is 0. The van der Waals surface area contributed by atoms with Crippen molar-refractivity contribution in [3.63, 3.8) is 0 Å². The van der Waals surface area contributed by atoms with Crippen molar-refractivity contribution in [2.24, 2.45) is 0 Å². The molecular weight excluding hydrogens is 293 g/mol. The number of halogens is 1. The second-order valence-electron chi connectivity index (χ2n) is 4.65. The fraction of sp³-hybridized carbons (Fsp3) is 0.333. The van der Waals surface area contributed by atoms with Crippen LogP contribution in [0.15, 0.2) is 29.5 Å². The third-order valence-corrected chi connectivity index (χ3v) is 3.30. The molecule has 1 aliphatic heterocycles. The molecule has 118 valence electrons. The summed E-state index contributed by atoms with van der Waals surface area (Å²) < 4.78 is 28.3. The molecule has 0 radical (unpaired) electrons. The van der Waals surface area contributed by atoms with E-state index in [0.717, 1.165) is 5.56 Å². The van der Waals surface area contributed by atoms with E-state index in [0.29, 0.717) is 5.69 Å². The van der Waals surface area contributed by atoms with Crippen LogP contribution >= 0.6 is 0 Å². The Morgan fingerprint density at radius 1 is 1.23 bits per heavy atom. The monoisotopic (exact) mass is 309 g/mol. The number of hydrogen-bond acceptors (Lipinski definition) is 6. The Morgan fingerprint density at radius 3 is 2.55 bits per heavy atom. The zero-order chi connectivity index (χ0) is 16.3. The van der Waals surface area contributed by atoms with E-state index in [-0.39, 0.29) is 24.6 Å². The van der Waals surface area contributed by atoms with Crippen LogP contribution in [-0.4, -0.2) is 39.5 Å². The first-order chi connectivity index (χ1) is 10.5. The Kier molecular flexibility index (Phi) is 4.77. The number of methoxy groups -OCH3 is 2.